The first-order valence-electron chi connectivity index (χ1n) is 14.7. The maximum absolute atomic E-state index is 15.1. The number of amides is 1. The number of piperidine rings is 1. The number of nitrogens with zero attached hydrogens (tertiary/aromatic N) is 1. The van der Waals surface area contributed by atoms with E-state index >= 15 is 4.39 Å². The molecule has 4 rings (SSSR count). The van der Waals surface area contributed by atoms with Crippen molar-refractivity contribution in [2.75, 3.05) is 33.9 Å². The van der Waals surface area contributed by atoms with Crippen molar-refractivity contribution in [3.8, 4) is 11.5 Å². The van der Waals surface area contributed by atoms with E-state index in [2.05, 4.69) is 5.32 Å². The van der Waals surface area contributed by atoms with Gasteiger partial charge in [0.1, 0.15) is 17.3 Å². The Kier molecular flexibility index (Phi) is 10.1. The van der Waals surface area contributed by atoms with Gasteiger partial charge >= 0.3 is 6.09 Å². The molecule has 3 aromatic carbocycles. The third-order valence-electron chi connectivity index (χ3n) is 8.61. The highest BCUT2D eigenvalue weighted by atomic mass is 19.1. The van der Waals surface area contributed by atoms with Crippen molar-refractivity contribution in [1.82, 2.24) is 10.2 Å². The number of hydrogen-bond donors (Lipinski definition) is 2. The minimum Gasteiger partial charge on any atom is -0.497 e. The van der Waals surface area contributed by atoms with E-state index in [-0.39, 0.29) is 31.2 Å². The highest BCUT2D eigenvalue weighted by Gasteiger charge is 2.46. The monoisotopic (exact) mass is 604 g/mol. The fourth-order valence-electron chi connectivity index (χ4n) is 6.12. The second-order valence-corrected chi connectivity index (χ2v) is 12.5. The first-order valence-corrected chi connectivity index (χ1v) is 14.7. The van der Waals surface area contributed by atoms with E-state index in [1.165, 1.54) is 20.3 Å². The first-order chi connectivity index (χ1) is 20.8. The molecule has 0 saturated carbocycles. The first kappa shape index (κ1) is 32.7. The van der Waals surface area contributed by atoms with Crippen LogP contribution in [0.5, 0.6) is 11.5 Å². The summed E-state index contributed by atoms with van der Waals surface area (Å²) in [6, 6.07) is 18.0. The number of carbonyl (C=O) groups is 3. The van der Waals surface area contributed by atoms with Crippen LogP contribution in [0.15, 0.2) is 66.7 Å². The van der Waals surface area contributed by atoms with Crippen molar-refractivity contribution in [2.45, 2.75) is 39.7 Å². The number of Topliss-reactive ketones (excluding diaryl/α,β-unsaturated/α-hetero) is 2. The lowest BCUT2D eigenvalue weighted by Crippen LogP contribution is -2.56. The fourth-order valence-corrected chi connectivity index (χ4v) is 6.12. The predicted molar refractivity (Wildman–Crippen MR) is 166 cm³/mol. The lowest BCUT2D eigenvalue weighted by Gasteiger charge is -2.45. The molecule has 1 heterocycles. The normalized spacial score (nSPS) is 19.6. The summed E-state index contributed by atoms with van der Waals surface area (Å²) in [6.07, 6.45) is -1.15. The van der Waals surface area contributed by atoms with E-state index in [9.17, 15) is 19.5 Å². The molecule has 3 aromatic rings. The van der Waals surface area contributed by atoms with Crippen LogP contribution in [0.3, 0.4) is 0 Å². The second kappa shape index (κ2) is 13.6. The molecule has 1 fully saturated rings. The largest absolute Gasteiger partial charge is 0.497 e. The van der Waals surface area contributed by atoms with Crippen LogP contribution < -0.4 is 14.8 Å². The molecule has 0 radical (unpaired) electrons. The molecule has 1 saturated heterocycles. The third kappa shape index (κ3) is 7.27. The molecular formula is C35H41FN2O6. The van der Waals surface area contributed by atoms with Crippen LogP contribution in [0.2, 0.25) is 0 Å². The van der Waals surface area contributed by atoms with Crippen LogP contribution in [0.4, 0.5) is 9.18 Å². The average Bonchev–Trinajstić information content (AvgIpc) is 3.00. The summed E-state index contributed by atoms with van der Waals surface area (Å²) in [7, 11) is 3.05. The van der Waals surface area contributed by atoms with Crippen LogP contribution in [0.25, 0.3) is 0 Å². The summed E-state index contributed by atoms with van der Waals surface area (Å²) in [6.45, 7) is 8.24. The Bertz CT molecular complexity index is 1450. The standard InChI is InChI=1S/C35H41FN2O6/c1-21-26(14-9-15-29(21)36)31-27(32(39)22-10-7-12-24(16-22)43-5)18-38(20-30(35(2,3)4)37-34(41)42)19-28(31)33(40)23-11-8-13-25(17-23)44-6/h7-17,27-28,30-31,37H,18-20H2,1-6H3,(H,41,42). The highest BCUT2D eigenvalue weighted by Crippen LogP contribution is 2.43. The minimum absolute atomic E-state index is 0.204. The van der Waals surface area contributed by atoms with Gasteiger partial charge in [0.25, 0.3) is 0 Å². The summed E-state index contributed by atoms with van der Waals surface area (Å²) in [5.41, 5.74) is 1.37. The van der Waals surface area contributed by atoms with Gasteiger partial charge in [-0.15, -0.1) is 0 Å². The van der Waals surface area contributed by atoms with Gasteiger partial charge in [0.05, 0.1) is 14.2 Å². The number of carboxylic acid groups (broad SMARTS) is 1. The van der Waals surface area contributed by atoms with Crippen molar-refractivity contribution >= 4 is 17.7 Å². The zero-order valence-corrected chi connectivity index (χ0v) is 26.1. The molecule has 0 spiro atoms. The molecule has 1 aliphatic heterocycles. The van der Waals surface area contributed by atoms with Crippen LogP contribution in [0.1, 0.15) is 58.5 Å². The Morgan fingerprint density at radius 2 is 1.41 bits per heavy atom. The van der Waals surface area contributed by atoms with Crippen molar-refractivity contribution in [1.29, 1.82) is 0 Å². The van der Waals surface area contributed by atoms with Gasteiger partial charge < -0.3 is 19.9 Å². The molecule has 234 valence electrons. The Morgan fingerprint density at radius 3 is 1.86 bits per heavy atom. The number of nitrogens with one attached hydrogen (secondary N) is 1. The lowest BCUT2D eigenvalue weighted by atomic mass is 9.67. The molecule has 3 atom stereocenters. The summed E-state index contributed by atoms with van der Waals surface area (Å²) < 4.78 is 25.8. The van der Waals surface area contributed by atoms with Crippen molar-refractivity contribution in [3.05, 3.63) is 94.8 Å². The van der Waals surface area contributed by atoms with Crippen molar-refractivity contribution < 1.29 is 33.4 Å². The number of halogens is 1. The van der Waals surface area contributed by atoms with Crippen LogP contribution in [-0.2, 0) is 0 Å². The second-order valence-electron chi connectivity index (χ2n) is 12.5. The van der Waals surface area contributed by atoms with Gasteiger partial charge in [0, 0.05) is 54.6 Å². The maximum atomic E-state index is 15.1. The number of hydrogen-bond acceptors (Lipinski definition) is 6. The molecule has 0 aliphatic carbocycles. The van der Waals surface area contributed by atoms with E-state index in [4.69, 9.17) is 9.47 Å². The lowest BCUT2D eigenvalue weighted by molar-refractivity contribution is 0.0501. The Morgan fingerprint density at radius 1 is 0.909 bits per heavy atom. The topological polar surface area (TPSA) is 105 Å². The number of ketones is 2. The molecule has 3 unspecified atom stereocenters. The van der Waals surface area contributed by atoms with Gasteiger partial charge in [0.15, 0.2) is 11.6 Å². The molecule has 1 aliphatic rings. The number of likely N-dealkylation sites (tertiary alicyclic amines) is 1. The molecule has 1 amide bonds. The van der Waals surface area contributed by atoms with Gasteiger partial charge in [0.2, 0.25) is 0 Å². The van der Waals surface area contributed by atoms with Gasteiger partial charge in [-0.1, -0.05) is 57.2 Å². The molecule has 44 heavy (non-hydrogen) atoms. The molecule has 2 N–H and O–H groups in total. The van der Waals surface area contributed by atoms with E-state index in [1.54, 1.807) is 67.6 Å². The SMILES string of the molecule is COc1cccc(C(=O)C2CN(CC(NC(=O)O)C(C)(C)C)CC(C(=O)c3cccc(OC)c3)C2c2cccc(F)c2C)c1. The van der Waals surface area contributed by atoms with Gasteiger partial charge in [-0.05, 0) is 53.8 Å². The van der Waals surface area contributed by atoms with E-state index in [0.717, 1.165) is 0 Å². The fraction of sp³-hybridized carbons (Fsp3) is 0.400. The summed E-state index contributed by atoms with van der Waals surface area (Å²) in [5.74, 6) is -1.94. The zero-order chi connectivity index (χ0) is 32.2. The Labute approximate surface area is 258 Å². The molecule has 9 heteroatoms. The summed E-state index contributed by atoms with van der Waals surface area (Å²) in [4.78, 5) is 42.6. The third-order valence-corrected chi connectivity index (χ3v) is 8.61. The maximum Gasteiger partial charge on any atom is 0.404 e. The number of benzene rings is 3. The Hall–Kier alpha value is -4.24. The van der Waals surface area contributed by atoms with E-state index in [0.29, 0.717) is 33.8 Å². The summed E-state index contributed by atoms with van der Waals surface area (Å²) in [5, 5.41) is 12.2. The predicted octanol–water partition coefficient (Wildman–Crippen LogP) is 6.23. The van der Waals surface area contributed by atoms with Crippen LogP contribution in [0, 0.1) is 30.0 Å². The average molecular weight is 605 g/mol. The van der Waals surface area contributed by atoms with Gasteiger partial charge in [-0.2, -0.15) is 0 Å². The minimum atomic E-state index is -1.15. The van der Waals surface area contributed by atoms with Gasteiger partial charge in [-0.25, -0.2) is 9.18 Å². The molecule has 0 aromatic heterocycles. The van der Waals surface area contributed by atoms with Crippen LogP contribution in [-0.4, -0.2) is 67.6 Å². The van der Waals surface area contributed by atoms with Crippen molar-refractivity contribution in [3.63, 3.8) is 0 Å². The molecule has 0 bridgehead atoms. The molecule has 8 nitrogen and oxygen atoms in total. The van der Waals surface area contributed by atoms with E-state index in [1.807, 2.05) is 25.7 Å². The Balaban J connectivity index is 1.88. The molecular weight excluding hydrogens is 563 g/mol. The van der Waals surface area contributed by atoms with E-state index < -0.39 is 41.1 Å². The quantitative estimate of drug-likeness (QED) is 0.264. The van der Waals surface area contributed by atoms with Crippen LogP contribution >= 0.6 is 0 Å². The van der Waals surface area contributed by atoms with Crippen molar-refractivity contribution in [2.24, 2.45) is 17.3 Å². The number of ether oxygens (including phenoxy) is 2. The highest BCUT2D eigenvalue weighted by molar-refractivity contribution is 6.02. The zero-order valence-electron chi connectivity index (χ0n) is 26.1. The smallest absolute Gasteiger partial charge is 0.404 e. The number of carbonyl (C=O) groups excluding carboxylic acids is 2. The summed E-state index contributed by atoms with van der Waals surface area (Å²) >= 11 is 0. The number of methoxy groups -OCH3 is 2. The van der Waals surface area contributed by atoms with Gasteiger partial charge in [-0.3, -0.25) is 14.5 Å². The number of rotatable bonds is 10.